The van der Waals surface area contributed by atoms with E-state index in [0.717, 1.165) is 0 Å². The second-order valence-electron chi connectivity index (χ2n) is 2.81. The van der Waals surface area contributed by atoms with Crippen LogP contribution in [0, 0.1) is 5.92 Å². The van der Waals surface area contributed by atoms with Crippen molar-refractivity contribution >= 4 is 0 Å². The van der Waals surface area contributed by atoms with E-state index in [4.69, 9.17) is 5.73 Å². The molecular weight excluding hydrogens is 117 g/mol. The molecule has 0 fully saturated rings. The number of hydrogen-bond acceptors (Lipinski definition) is 1. The Morgan fingerprint density at radius 1 is 1.56 bits per heavy atom. The van der Waals surface area contributed by atoms with E-state index < -0.39 is 5.54 Å². The van der Waals surface area contributed by atoms with Gasteiger partial charge >= 0.3 is 0 Å². The fraction of sp³-hybridized carbons (Fsp3) is 0.714. The standard InChI is InChI=1S/C7H14FN/c1-6(2)7(3,9)4-5-8/h4-6H,9H2,1-3H3/b5-4+/t7-/m1/s1. The molecule has 0 radical (unpaired) electrons. The van der Waals surface area contributed by atoms with Crippen molar-refractivity contribution in [3.8, 4) is 0 Å². The molecule has 54 valence electrons. The smallest absolute Gasteiger partial charge is 0.0845 e. The van der Waals surface area contributed by atoms with Crippen LogP contribution in [0.25, 0.3) is 0 Å². The molecule has 0 aliphatic carbocycles. The summed E-state index contributed by atoms with van der Waals surface area (Å²) in [5, 5.41) is 0. The summed E-state index contributed by atoms with van der Waals surface area (Å²) in [5.74, 6) is 0.268. The number of nitrogens with two attached hydrogens (primary N) is 1. The molecule has 0 aromatic carbocycles. The second kappa shape index (κ2) is 2.97. The molecule has 2 N–H and O–H groups in total. The van der Waals surface area contributed by atoms with Gasteiger partial charge in [0.25, 0.3) is 0 Å². The lowest BCUT2D eigenvalue weighted by atomic mass is 9.90. The maximum atomic E-state index is 11.6. The summed E-state index contributed by atoms with van der Waals surface area (Å²) in [4.78, 5) is 0. The third-order valence-electron chi connectivity index (χ3n) is 1.67. The van der Waals surface area contributed by atoms with Gasteiger partial charge in [-0.25, -0.2) is 4.39 Å². The zero-order chi connectivity index (χ0) is 7.49. The Morgan fingerprint density at radius 2 is 2.00 bits per heavy atom. The summed E-state index contributed by atoms with van der Waals surface area (Å²) in [5.41, 5.74) is 5.14. The molecule has 9 heavy (non-hydrogen) atoms. The lowest BCUT2D eigenvalue weighted by molar-refractivity contribution is 0.414. The minimum atomic E-state index is -0.505. The quantitative estimate of drug-likeness (QED) is 0.608. The van der Waals surface area contributed by atoms with Crippen LogP contribution in [0.4, 0.5) is 4.39 Å². The van der Waals surface area contributed by atoms with Gasteiger partial charge in [0.05, 0.1) is 6.33 Å². The Bertz CT molecular complexity index is 105. The maximum Gasteiger partial charge on any atom is 0.0845 e. The average Bonchev–Trinajstić information content (AvgIpc) is 1.65. The predicted octanol–water partition coefficient (Wildman–Crippen LogP) is 1.84. The Balaban J connectivity index is 4.01. The zero-order valence-corrected chi connectivity index (χ0v) is 6.19. The topological polar surface area (TPSA) is 26.0 Å². The predicted molar refractivity (Wildman–Crippen MR) is 37.7 cm³/mol. The van der Waals surface area contributed by atoms with E-state index in [2.05, 4.69) is 0 Å². The number of hydrogen-bond donors (Lipinski definition) is 1. The lowest BCUT2D eigenvalue weighted by Crippen LogP contribution is -2.39. The van der Waals surface area contributed by atoms with Crippen molar-refractivity contribution in [2.75, 3.05) is 0 Å². The van der Waals surface area contributed by atoms with Crippen LogP contribution in [0.3, 0.4) is 0 Å². The van der Waals surface area contributed by atoms with Gasteiger partial charge < -0.3 is 5.73 Å². The van der Waals surface area contributed by atoms with Crippen LogP contribution in [0.1, 0.15) is 20.8 Å². The van der Waals surface area contributed by atoms with Crippen LogP contribution in [0.15, 0.2) is 12.4 Å². The molecule has 0 aromatic rings. The minimum Gasteiger partial charge on any atom is -0.322 e. The van der Waals surface area contributed by atoms with Crippen molar-refractivity contribution < 1.29 is 4.39 Å². The van der Waals surface area contributed by atoms with Crippen molar-refractivity contribution in [3.05, 3.63) is 12.4 Å². The Labute approximate surface area is 55.7 Å². The molecule has 0 saturated carbocycles. The van der Waals surface area contributed by atoms with Crippen LogP contribution in [-0.4, -0.2) is 5.54 Å². The monoisotopic (exact) mass is 131 g/mol. The summed E-state index contributed by atoms with van der Waals surface area (Å²) in [6.07, 6.45) is 1.87. The van der Waals surface area contributed by atoms with Crippen molar-refractivity contribution in [3.63, 3.8) is 0 Å². The first-order valence-electron chi connectivity index (χ1n) is 3.07. The zero-order valence-electron chi connectivity index (χ0n) is 6.19. The summed E-state index contributed by atoms with van der Waals surface area (Å²) in [6, 6.07) is 0. The molecule has 0 aliphatic rings. The summed E-state index contributed by atoms with van der Waals surface area (Å²) < 4.78 is 11.6. The molecule has 0 bridgehead atoms. The summed E-state index contributed by atoms with van der Waals surface area (Å²) in [7, 11) is 0. The molecule has 1 atom stereocenters. The molecule has 0 aromatic heterocycles. The maximum absolute atomic E-state index is 11.6. The van der Waals surface area contributed by atoms with Crippen molar-refractivity contribution in [2.24, 2.45) is 11.7 Å². The highest BCUT2D eigenvalue weighted by Crippen LogP contribution is 2.13. The molecule has 0 spiro atoms. The molecule has 0 rings (SSSR count). The molecule has 0 saturated heterocycles. The first-order valence-corrected chi connectivity index (χ1v) is 3.07. The van der Waals surface area contributed by atoms with E-state index in [0.29, 0.717) is 6.33 Å². The first-order chi connectivity index (χ1) is 4.00. The van der Waals surface area contributed by atoms with Gasteiger partial charge in [0.15, 0.2) is 0 Å². The molecular formula is C7H14FN. The fourth-order valence-electron chi connectivity index (χ4n) is 0.328. The number of rotatable bonds is 2. The van der Waals surface area contributed by atoms with Gasteiger partial charge in [0.2, 0.25) is 0 Å². The average molecular weight is 131 g/mol. The first kappa shape index (κ1) is 8.63. The van der Waals surface area contributed by atoms with Gasteiger partial charge in [-0.15, -0.1) is 0 Å². The molecule has 0 amide bonds. The van der Waals surface area contributed by atoms with Crippen LogP contribution in [0.5, 0.6) is 0 Å². The van der Waals surface area contributed by atoms with E-state index in [1.54, 1.807) is 6.92 Å². The Hall–Kier alpha value is -0.370. The highest BCUT2D eigenvalue weighted by Gasteiger charge is 2.18. The Kier molecular flexibility index (Phi) is 2.85. The molecule has 0 heterocycles. The van der Waals surface area contributed by atoms with Gasteiger partial charge in [0.1, 0.15) is 0 Å². The van der Waals surface area contributed by atoms with Crippen LogP contribution in [-0.2, 0) is 0 Å². The van der Waals surface area contributed by atoms with Crippen LogP contribution >= 0.6 is 0 Å². The van der Waals surface area contributed by atoms with Crippen molar-refractivity contribution in [1.82, 2.24) is 0 Å². The van der Waals surface area contributed by atoms with Gasteiger partial charge in [-0.3, -0.25) is 0 Å². The van der Waals surface area contributed by atoms with Crippen molar-refractivity contribution in [2.45, 2.75) is 26.3 Å². The van der Waals surface area contributed by atoms with Gasteiger partial charge in [-0.2, -0.15) is 0 Å². The van der Waals surface area contributed by atoms with Crippen molar-refractivity contribution in [1.29, 1.82) is 0 Å². The minimum absolute atomic E-state index is 0.268. The fourth-order valence-corrected chi connectivity index (χ4v) is 0.328. The number of halogens is 1. The highest BCUT2D eigenvalue weighted by molar-refractivity contribution is 5.00. The van der Waals surface area contributed by atoms with E-state index in [9.17, 15) is 4.39 Å². The molecule has 0 aliphatic heterocycles. The van der Waals surface area contributed by atoms with Gasteiger partial charge in [0, 0.05) is 5.54 Å². The lowest BCUT2D eigenvalue weighted by Gasteiger charge is -2.23. The van der Waals surface area contributed by atoms with E-state index in [1.807, 2.05) is 13.8 Å². The van der Waals surface area contributed by atoms with E-state index in [-0.39, 0.29) is 5.92 Å². The SMILES string of the molecule is CC(C)[C@](C)(N)/C=C/F. The van der Waals surface area contributed by atoms with Gasteiger partial charge in [-0.05, 0) is 18.9 Å². The van der Waals surface area contributed by atoms with Crippen LogP contribution < -0.4 is 5.73 Å². The Morgan fingerprint density at radius 3 is 2.11 bits per heavy atom. The van der Waals surface area contributed by atoms with Crippen LogP contribution in [0.2, 0.25) is 0 Å². The molecule has 1 nitrogen and oxygen atoms in total. The normalized spacial score (nSPS) is 18.9. The van der Waals surface area contributed by atoms with E-state index >= 15 is 0 Å². The molecule has 2 heteroatoms. The second-order valence-corrected chi connectivity index (χ2v) is 2.81. The third kappa shape index (κ3) is 2.61. The van der Waals surface area contributed by atoms with E-state index in [1.165, 1.54) is 6.08 Å². The third-order valence-corrected chi connectivity index (χ3v) is 1.67. The summed E-state index contributed by atoms with van der Waals surface area (Å²) >= 11 is 0. The molecule has 0 unspecified atom stereocenters. The summed E-state index contributed by atoms with van der Waals surface area (Å²) in [6.45, 7) is 5.72. The largest absolute Gasteiger partial charge is 0.322 e. The highest BCUT2D eigenvalue weighted by atomic mass is 19.1. The van der Waals surface area contributed by atoms with Gasteiger partial charge in [-0.1, -0.05) is 13.8 Å².